The van der Waals surface area contributed by atoms with Crippen LogP contribution in [0.5, 0.6) is 5.75 Å². The fourth-order valence-electron chi connectivity index (χ4n) is 1.79. The molecule has 1 aliphatic rings. The van der Waals surface area contributed by atoms with E-state index in [1.54, 1.807) is 0 Å². The lowest BCUT2D eigenvalue weighted by molar-refractivity contribution is 0.0914. The molecule has 2 rings (SSSR count). The van der Waals surface area contributed by atoms with Crippen LogP contribution in [0.15, 0.2) is 18.2 Å². The van der Waals surface area contributed by atoms with E-state index in [1.165, 1.54) is 0 Å². The Morgan fingerprint density at radius 2 is 2.22 bits per heavy atom. The summed E-state index contributed by atoms with van der Waals surface area (Å²) in [5.41, 5.74) is 1.53. The Bertz CT molecular complexity index is 469. The number of carbonyl (C=O) groups excluding carboxylic acids is 1. The van der Waals surface area contributed by atoms with Crippen molar-refractivity contribution in [3.05, 3.63) is 29.3 Å². The van der Waals surface area contributed by atoms with Crippen LogP contribution in [0.2, 0.25) is 0 Å². The van der Waals surface area contributed by atoms with E-state index in [-0.39, 0.29) is 16.3 Å². The molecular formula is C14H18BrNO2. The fourth-order valence-corrected chi connectivity index (χ4v) is 1.91. The third-order valence-electron chi connectivity index (χ3n) is 3.38. The van der Waals surface area contributed by atoms with Gasteiger partial charge < -0.3 is 10.1 Å². The predicted molar refractivity (Wildman–Crippen MR) is 75.6 cm³/mol. The zero-order chi connectivity index (χ0) is 13.3. The van der Waals surface area contributed by atoms with E-state index in [0.29, 0.717) is 12.2 Å². The molecule has 1 unspecified atom stereocenters. The minimum Gasteiger partial charge on any atom is -0.493 e. The van der Waals surface area contributed by atoms with Crippen molar-refractivity contribution in [1.82, 2.24) is 5.32 Å². The van der Waals surface area contributed by atoms with Gasteiger partial charge in [0.05, 0.1) is 6.61 Å². The number of halogens is 1. The van der Waals surface area contributed by atoms with Crippen LogP contribution < -0.4 is 10.1 Å². The minimum atomic E-state index is -0.285. The average Bonchev–Trinajstić information content (AvgIpc) is 2.74. The zero-order valence-corrected chi connectivity index (χ0v) is 12.5. The van der Waals surface area contributed by atoms with Crippen LogP contribution >= 0.6 is 15.9 Å². The maximum atomic E-state index is 12.2. The maximum absolute atomic E-state index is 12.2. The highest BCUT2D eigenvalue weighted by Gasteiger charge is 2.26. The average molecular weight is 312 g/mol. The van der Waals surface area contributed by atoms with Crippen LogP contribution in [-0.2, 0) is 6.42 Å². The number of hydrogen-bond donors (Lipinski definition) is 1. The molecule has 0 saturated heterocycles. The highest BCUT2D eigenvalue weighted by atomic mass is 79.9. The van der Waals surface area contributed by atoms with Crippen molar-refractivity contribution in [3.63, 3.8) is 0 Å². The molecule has 4 heteroatoms. The van der Waals surface area contributed by atoms with Crippen LogP contribution in [-0.4, -0.2) is 22.9 Å². The predicted octanol–water partition coefficient (Wildman–Crippen LogP) is 2.91. The van der Waals surface area contributed by atoms with E-state index < -0.39 is 0 Å². The quantitative estimate of drug-likeness (QED) is 0.872. The lowest BCUT2D eigenvalue weighted by atomic mass is 10.0. The van der Waals surface area contributed by atoms with Gasteiger partial charge in [-0.2, -0.15) is 0 Å². The van der Waals surface area contributed by atoms with Gasteiger partial charge in [0.2, 0.25) is 0 Å². The Labute approximate surface area is 116 Å². The molecule has 1 amide bonds. The van der Waals surface area contributed by atoms with E-state index in [9.17, 15) is 4.79 Å². The topological polar surface area (TPSA) is 38.3 Å². The molecule has 1 aromatic carbocycles. The summed E-state index contributed by atoms with van der Waals surface area (Å²) in [4.78, 5) is 12.4. The summed E-state index contributed by atoms with van der Waals surface area (Å²) >= 11 is 3.51. The lowest BCUT2D eigenvalue weighted by Crippen LogP contribution is -2.48. The molecular weight excluding hydrogens is 294 g/mol. The van der Waals surface area contributed by atoms with E-state index in [2.05, 4.69) is 21.2 Å². The van der Waals surface area contributed by atoms with Gasteiger partial charge >= 0.3 is 0 Å². The Balaban J connectivity index is 2.15. The first-order chi connectivity index (χ1) is 8.40. The molecule has 0 radical (unpaired) electrons. The number of ether oxygens (including phenoxy) is 1. The highest BCUT2D eigenvalue weighted by molar-refractivity contribution is 9.09. The molecule has 0 aromatic heterocycles. The molecule has 0 aliphatic carbocycles. The second-order valence-electron chi connectivity index (χ2n) is 5.21. The second kappa shape index (κ2) is 4.92. The van der Waals surface area contributed by atoms with Crippen LogP contribution in [0.25, 0.3) is 0 Å². The maximum Gasteiger partial charge on any atom is 0.251 e. The Hall–Kier alpha value is -1.03. The molecule has 0 bridgehead atoms. The number of alkyl halides is 1. The molecule has 1 aliphatic heterocycles. The van der Waals surface area contributed by atoms with E-state index >= 15 is 0 Å². The van der Waals surface area contributed by atoms with Gasteiger partial charge in [-0.25, -0.2) is 0 Å². The number of benzene rings is 1. The summed E-state index contributed by atoms with van der Waals surface area (Å²) < 4.78 is 5.43. The first-order valence-corrected chi connectivity index (χ1v) is 7.04. The lowest BCUT2D eigenvalue weighted by Gasteiger charge is -2.29. The van der Waals surface area contributed by atoms with E-state index in [0.717, 1.165) is 17.7 Å². The van der Waals surface area contributed by atoms with E-state index in [1.807, 2.05) is 39.0 Å². The number of hydrogen-bond acceptors (Lipinski definition) is 2. The normalized spacial score (nSPS) is 15.8. The number of carbonyl (C=O) groups is 1. The summed E-state index contributed by atoms with van der Waals surface area (Å²) in [7, 11) is 0. The summed E-state index contributed by atoms with van der Waals surface area (Å²) in [6.45, 7) is 6.74. The van der Waals surface area contributed by atoms with Gasteiger partial charge in [-0.3, -0.25) is 4.79 Å². The summed E-state index contributed by atoms with van der Waals surface area (Å²) in [5.74, 6) is 0.862. The summed E-state index contributed by atoms with van der Waals surface area (Å²) in [6.07, 6.45) is 0.884. The molecule has 0 spiro atoms. The van der Waals surface area contributed by atoms with Crippen molar-refractivity contribution >= 4 is 21.8 Å². The van der Waals surface area contributed by atoms with Crippen LogP contribution in [0.4, 0.5) is 0 Å². The van der Waals surface area contributed by atoms with Gasteiger partial charge in [-0.1, -0.05) is 22.9 Å². The summed E-state index contributed by atoms with van der Waals surface area (Å²) in [5, 5.41) is 3.04. The fraction of sp³-hybridized carbons (Fsp3) is 0.500. The SMILES string of the molecule is CC(Br)C(C)(C)NC(=O)c1ccc2c(c1)CCO2. The van der Waals surface area contributed by atoms with Gasteiger partial charge in [0, 0.05) is 22.4 Å². The zero-order valence-electron chi connectivity index (χ0n) is 10.9. The van der Waals surface area contributed by atoms with Gasteiger partial charge in [0.1, 0.15) is 5.75 Å². The van der Waals surface area contributed by atoms with Crippen molar-refractivity contribution in [2.75, 3.05) is 6.61 Å². The Morgan fingerprint density at radius 1 is 1.50 bits per heavy atom. The van der Waals surface area contributed by atoms with Crippen LogP contribution in [0.1, 0.15) is 36.7 Å². The van der Waals surface area contributed by atoms with Crippen molar-refractivity contribution in [2.45, 2.75) is 37.6 Å². The smallest absolute Gasteiger partial charge is 0.251 e. The standard InChI is InChI=1S/C14H18BrNO2/c1-9(15)14(2,3)16-13(17)11-4-5-12-10(8-11)6-7-18-12/h4-5,8-9H,6-7H2,1-3H3,(H,16,17). The van der Waals surface area contributed by atoms with Gasteiger partial charge in [0.25, 0.3) is 5.91 Å². The molecule has 1 atom stereocenters. The largest absolute Gasteiger partial charge is 0.493 e. The molecule has 3 nitrogen and oxygen atoms in total. The summed E-state index contributed by atoms with van der Waals surface area (Å²) in [6, 6.07) is 5.61. The third kappa shape index (κ3) is 2.69. The van der Waals surface area contributed by atoms with Crippen molar-refractivity contribution in [3.8, 4) is 5.75 Å². The van der Waals surface area contributed by atoms with Crippen LogP contribution in [0, 0.1) is 0 Å². The molecule has 1 N–H and O–H groups in total. The van der Waals surface area contributed by atoms with Crippen molar-refractivity contribution in [2.24, 2.45) is 0 Å². The molecule has 0 saturated carbocycles. The molecule has 1 aromatic rings. The Kier molecular flexibility index (Phi) is 3.66. The second-order valence-corrected chi connectivity index (χ2v) is 6.59. The van der Waals surface area contributed by atoms with Crippen LogP contribution in [0.3, 0.4) is 0 Å². The number of fused-ring (bicyclic) bond motifs is 1. The van der Waals surface area contributed by atoms with Gasteiger partial charge in [-0.15, -0.1) is 0 Å². The number of amides is 1. The first-order valence-electron chi connectivity index (χ1n) is 6.12. The Morgan fingerprint density at radius 3 is 2.89 bits per heavy atom. The van der Waals surface area contributed by atoms with E-state index in [4.69, 9.17) is 4.74 Å². The molecule has 1 heterocycles. The number of rotatable bonds is 3. The van der Waals surface area contributed by atoms with Crippen molar-refractivity contribution in [1.29, 1.82) is 0 Å². The van der Waals surface area contributed by atoms with Crippen molar-refractivity contribution < 1.29 is 9.53 Å². The third-order valence-corrected chi connectivity index (χ3v) is 4.53. The molecule has 18 heavy (non-hydrogen) atoms. The minimum absolute atomic E-state index is 0.0407. The van der Waals surface area contributed by atoms with Gasteiger partial charge in [0.15, 0.2) is 0 Å². The van der Waals surface area contributed by atoms with Gasteiger partial charge in [-0.05, 0) is 37.6 Å². The first kappa shape index (κ1) is 13.4. The molecule has 0 fully saturated rings. The molecule has 98 valence electrons. The number of nitrogens with one attached hydrogen (secondary N) is 1. The monoisotopic (exact) mass is 311 g/mol. The highest BCUT2D eigenvalue weighted by Crippen LogP contribution is 2.26.